The van der Waals surface area contributed by atoms with Crippen molar-refractivity contribution in [3.05, 3.63) is 70.2 Å². The molecule has 2 aromatic carbocycles. The topological polar surface area (TPSA) is 55.1 Å². The second-order valence-electron chi connectivity index (χ2n) is 6.50. The summed E-state index contributed by atoms with van der Waals surface area (Å²) in [5, 5.41) is 4.14. The molecule has 0 spiro atoms. The molecule has 24 heavy (non-hydrogen) atoms. The highest BCUT2D eigenvalue weighted by Crippen LogP contribution is 2.27. The molecule has 3 nitrogen and oxygen atoms in total. The number of benzene rings is 2. The minimum atomic E-state index is -0.315. The Kier molecular flexibility index (Phi) is 5.54. The SMILES string of the molecule is NC(=O)C(Cc1ccc(Cl)cc1)c1ccc(C2CCCNC2)cc1. The maximum atomic E-state index is 11.9. The lowest BCUT2D eigenvalue weighted by Gasteiger charge is -2.23. The van der Waals surface area contributed by atoms with Crippen molar-refractivity contribution in [2.24, 2.45) is 5.73 Å². The highest BCUT2D eigenvalue weighted by molar-refractivity contribution is 6.30. The van der Waals surface area contributed by atoms with Crippen LogP contribution in [0.4, 0.5) is 0 Å². The van der Waals surface area contributed by atoms with Crippen LogP contribution in [0.15, 0.2) is 48.5 Å². The summed E-state index contributed by atoms with van der Waals surface area (Å²) in [5.74, 6) is -0.0437. The predicted molar refractivity (Wildman–Crippen MR) is 98.4 cm³/mol. The average Bonchev–Trinajstić information content (AvgIpc) is 2.62. The molecule has 0 bridgehead atoms. The highest BCUT2D eigenvalue weighted by Gasteiger charge is 2.20. The van der Waals surface area contributed by atoms with Crippen molar-refractivity contribution in [1.29, 1.82) is 0 Å². The van der Waals surface area contributed by atoms with Gasteiger partial charge in [-0.25, -0.2) is 0 Å². The summed E-state index contributed by atoms with van der Waals surface area (Å²) >= 11 is 5.92. The van der Waals surface area contributed by atoms with Gasteiger partial charge in [0.2, 0.25) is 5.91 Å². The Hall–Kier alpha value is -1.84. The fourth-order valence-electron chi connectivity index (χ4n) is 3.38. The van der Waals surface area contributed by atoms with Crippen LogP contribution in [0, 0.1) is 0 Å². The number of nitrogens with two attached hydrogens (primary N) is 1. The third-order valence-corrected chi connectivity index (χ3v) is 5.06. The smallest absolute Gasteiger partial charge is 0.225 e. The quantitative estimate of drug-likeness (QED) is 0.872. The molecule has 1 fully saturated rings. The van der Waals surface area contributed by atoms with Gasteiger partial charge in [-0.3, -0.25) is 4.79 Å². The highest BCUT2D eigenvalue weighted by atomic mass is 35.5. The average molecular weight is 343 g/mol. The van der Waals surface area contributed by atoms with Crippen LogP contribution in [0.5, 0.6) is 0 Å². The summed E-state index contributed by atoms with van der Waals surface area (Å²) in [5.41, 5.74) is 9.02. The minimum Gasteiger partial charge on any atom is -0.369 e. The van der Waals surface area contributed by atoms with Gasteiger partial charge in [0.25, 0.3) is 0 Å². The van der Waals surface area contributed by atoms with Crippen molar-refractivity contribution in [1.82, 2.24) is 5.32 Å². The molecule has 2 unspecified atom stereocenters. The third-order valence-electron chi connectivity index (χ3n) is 4.80. The molecule has 1 heterocycles. The summed E-state index contributed by atoms with van der Waals surface area (Å²) in [7, 11) is 0. The molecule has 0 saturated carbocycles. The number of hydrogen-bond donors (Lipinski definition) is 2. The summed E-state index contributed by atoms with van der Waals surface area (Å²) < 4.78 is 0. The largest absolute Gasteiger partial charge is 0.369 e. The summed E-state index contributed by atoms with van der Waals surface area (Å²) in [4.78, 5) is 11.9. The second-order valence-corrected chi connectivity index (χ2v) is 6.93. The molecule has 4 heteroatoms. The molecular formula is C20H23ClN2O. The normalized spacial score (nSPS) is 19.0. The van der Waals surface area contributed by atoms with E-state index in [0.29, 0.717) is 17.4 Å². The van der Waals surface area contributed by atoms with Crippen molar-refractivity contribution in [2.75, 3.05) is 13.1 Å². The van der Waals surface area contributed by atoms with Crippen molar-refractivity contribution in [2.45, 2.75) is 31.1 Å². The van der Waals surface area contributed by atoms with E-state index >= 15 is 0 Å². The molecule has 0 aromatic heterocycles. The van der Waals surface area contributed by atoms with Gasteiger partial charge in [0.1, 0.15) is 0 Å². The van der Waals surface area contributed by atoms with Crippen LogP contribution in [-0.4, -0.2) is 19.0 Å². The van der Waals surface area contributed by atoms with Crippen LogP contribution >= 0.6 is 11.6 Å². The maximum absolute atomic E-state index is 11.9. The van der Waals surface area contributed by atoms with E-state index in [1.807, 2.05) is 24.3 Å². The lowest BCUT2D eigenvalue weighted by atomic mass is 9.87. The van der Waals surface area contributed by atoms with Gasteiger partial charge in [-0.2, -0.15) is 0 Å². The number of carbonyl (C=O) groups excluding carboxylic acids is 1. The zero-order valence-corrected chi connectivity index (χ0v) is 14.4. The lowest BCUT2D eigenvalue weighted by Crippen LogP contribution is -2.28. The van der Waals surface area contributed by atoms with E-state index < -0.39 is 0 Å². The molecule has 0 radical (unpaired) electrons. The fourth-order valence-corrected chi connectivity index (χ4v) is 3.50. The number of amides is 1. The summed E-state index contributed by atoms with van der Waals surface area (Å²) in [6.45, 7) is 2.14. The minimum absolute atomic E-state index is 0.294. The fraction of sp³-hybridized carbons (Fsp3) is 0.350. The van der Waals surface area contributed by atoms with E-state index in [9.17, 15) is 4.79 Å². The maximum Gasteiger partial charge on any atom is 0.225 e. The second kappa shape index (κ2) is 7.82. The molecule has 126 valence electrons. The number of rotatable bonds is 5. The van der Waals surface area contributed by atoms with Gasteiger partial charge in [-0.15, -0.1) is 0 Å². The number of carbonyl (C=O) groups is 1. The summed E-state index contributed by atoms with van der Waals surface area (Å²) in [6.07, 6.45) is 3.03. The van der Waals surface area contributed by atoms with Gasteiger partial charge >= 0.3 is 0 Å². The molecule has 2 aromatic rings. The standard InChI is InChI=1S/C20H23ClN2O/c21-18-9-3-14(4-10-18)12-19(20(22)24)16-7-5-15(6-8-16)17-2-1-11-23-13-17/h3-10,17,19,23H,1-2,11-13H2,(H2,22,24). The summed E-state index contributed by atoms with van der Waals surface area (Å²) in [6, 6.07) is 16.0. The number of nitrogens with one attached hydrogen (secondary N) is 1. The molecule has 1 aliphatic rings. The molecule has 3 N–H and O–H groups in total. The Morgan fingerprint density at radius 3 is 2.46 bits per heavy atom. The van der Waals surface area contributed by atoms with Crippen LogP contribution in [0.25, 0.3) is 0 Å². The van der Waals surface area contributed by atoms with Crippen LogP contribution < -0.4 is 11.1 Å². The third kappa shape index (κ3) is 4.16. The van der Waals surface area contributed by atoms with Crippen LogP contribution in [0.3, 0.4) is 0 Å². The molecular weight excluding hydrogens is 320 g/mol. The van der Waals surface area contributed by atoms with E-state index in [2.05, 4.69) is 29.6 Å². The van der Waals surface area contributed by atoms with Gasteiger partial charge < -0.3 is 11.1 Å². The Balaban J connectivity index is 1.75. The van der Waals surface area contributed by atoms with Crippen molar-refractivity contribution < 1.29 is 4.79 Å². The van der Waals surface area contributed by atoms with Crippen molar-refractivity contribution in [3.8, 4) is 0 Å². The first-order valence-electron chi connectivity index (χ1n) is 8.48. The van der Waals surface area contributed by atoms with Crippen LogP contribution in [0.1, 0.15) is 41.4 Å². The monoisotopic (exact) mass is 342 g/mol. The Morgan fingerprint density at radius 2 is 1.88 bits per heavy atom. The van der Waals surface area contributed by atoms with Crippen molar-refractivity contribution in [3.63, 3.8) is 0 Å². The van der Waals surface area contributed by atoms with E-state index in [1.54, 1.807) is 0 Å². The number of primary amides is 1. The first kappa shape index (κ1) is 17.0. The van der Waals surface area contributed by atoms with Gasteiger partial charge in [-0.05, 0) is 60.5 Å². The van der Waals surface area contributed by atoms with Gasteiger partial charge in [-0.1, -0.05) is 48.0 Å². The molecule has 2 atom stereocenters. The first-order chi connectivity index (χ1) is 11.6. The Morgan fingerprint density at radius 1 is 1.17 bits per heavy atom. The molecule has 0 aliphatic carbocycles. The Bertz CT molecular complexity index is 676. The molecule has 3 rings (SSSR count). The lowest BCUT2D eigenvalue weighted by molar-refractivity contribution is -0.119. The van der Waals surface area contributed by atoms with E-state index in [-0.39, 0.29) is 11.8 Å². The molecule has 1 amide bonds. The number of halogens is 1. The van der Waals surface area contributed by atoms with Crippen LogP contribution in [0.2, 0.25) is 5.02 Å². The number of hydrogen-bond acceptors (Lipinski definition) is 2. The van der Waals surface area contributed by atoms with Crippen molar-refractivity contribution >= 4 is 17.5 Å². The molecule has 1 saturated heterocycles. The number of piperidine rings is 1. The van der Waals surface area contributed by atoms with Crippen LogP contribution in [-0.2, 0) is 11.2 Å². The van der Waals surface area contributed by atoms with E-state index in [1.165, 1.54) is 18.4 Å². The van der Waals surface area contributed by atoms with Gasteiger partial charge in [0.05, 0.1) is 5.92 Å². The zero-order valence-electron chi connectivity index (χ0n) is 13.7. The zero-order chi connectivity index (χ0) is 16.9. The van der Waals surface area contributed by atoms with E-state index in [0.717, 1.165) is 24.2 Å². The first-order valence-corrected chi connectivity index (χ1v) is 8.85. The van der Waals surface area contributed by atoms with Gasteiger partial charge in [0.15, 0.2) is 0 Å². The van der Waals surface area contributed by atoms with Gasteiger partial charge in [0, 0.05) is 11.6 Å². The predicted octanol–water partition coefficient (Wildman–Crippen LogP) is 3.62. The Labute approximate surface area is 148 Å². The molecule has 1 aliphatic heterocycles. The van der Waals surface area contributed by atoms with E-state index in [4.69, 9.17) is 17.3 Å².